The van der Waals surface area contributed by atoms with E-state index in [0.29, 0.717) is 18.9 Å². The number of halogens is 1. The van der Waals surface area contributed by atoms with Crippen LogP contribution in [0.15, 0.2) is 18.2 Å². The molecule has 1 aliphatic heterocycles. The van der Waals surface area contributed by atoms with Crippen molar-refractivity contribution in [2.24, 2.45) is 0 Å². The molecule has 1 aromatic rings. The van der Waals surface area contributed by atoms with Gasteiger partial charge in [0, 0.05) is 18.8 Å². The van der Waals surface area contributed by atoms with E-state index in [0.717, 1.165) is 5.69 Å². The highest BCUT2D eigenvalue weighted by atomic mass is 35.5. The Morgan fingerprint density at radius 2 is 2.22 bits per heavy atom. The van der Waals surface area contributed by atoms with Gasteiger partial charge in [-0.25, -0.2) is 4.98 Å². The molecule has 2 heterocycles. The Bertz CT molecular complexity index is 478. The summed E-state index contributed by atoms with van der Waals surface area (Å²) in [5.74, 6) is 0.216. The molecule has 0 saturated carbocycles. The van der Waals surface area contributed by atoms with E-state index in [4.69, 9.17) is 11.6 Å². The van der Waals surface area contributed by atoms with E-state index >= 15 is 0 Å². The molecule has 6 heteroatoms. The summed E-state index contributed by atoms with van der Waals surface area (Å²) in [5.41, 5.74) is 0.861. The smallest absolute Gasteiger partial charge is 0.247 e. The number of amides is 2. The van der Waals surface area contributed by atoms with E-state index in [1.54, 1.807) is 11.0 Å². The summed E-state index contributed by atoms with van der Waals surface area (Å²) < 4.78 is 0. The zero-order valence-electron chi connectivity index (χ0n) is 10.1. The second-order valence-corrected chi connectivity index (χ2v) is 4.40. The third-order valence-corrected chi connectivity index (χ3v) is 3.07. The number of aryl methyl sites for hydroxylation is 1. The number of anilines is 1. The maximum absolute atomic E-state index is 12.0. The Morgan fingerprint density at radius 3 is 2.83 bits per heavy atom. The molecule has 1 aliphatic rings. The van der Waals surface area contributed by atoms with Crippen molar-refractivity contribution in [1.82, 2.24) is 9.88 Å². The van der Waals surface area contributed by atoms with E-state index < -0.39 is 0 Å². The van der Waals surface area contributed by atoms with E-state index in [9.17, 15) is 9.59 Å². The Balaban J connectivity index is 2.10. The van der Waals surface area contributed by atoms with Gasteiger partial charge in [-0.2, -0.15) is 0 Å². The fraction of sp³-hybridized carbons (Fsp3) is 0.417. The molecule has 1 fully saturated rings. The van der Waals surface area contributed by atoms with E-state index in [2.05, 4.69) is 4.98 Å². The highest BCUT2D eigenvalue weighted by Crippen LogP contribution is 2.15. The van der Waals surface area contributed by atoms with Gasteiger partial charge in [0.2, 0.25) is 11.8 Å². The van der Waals surface area contributed by atoms with Crippen LogP contribution in [0.4, 0.5) is 5.82 Å². The summed E-state index contributed by atoms with van der Waals surface area (Å²) >= 11 is 5.48. The van der Waals surface area contributed by atoms with E-state index in [-0.39, 0.29) is 24.2 Å². The molecule has 18 heavy (non-hydrogen) atoms. The third kappa shape index (κ3) is 2.61. The van der Waals surface area contributed by atoms with Gasteiger partial charge in [-0.15, -0.1) is 11.6 Å². The van der Waals surface area contributed by atoms with Crippen LogP contribution in [-0.2, 0) is 9.59 Å². The first-order valence-electron chi connectivity index (χ1n) is 5.69. The maximum Gasteiger partial charge on any atom is 0.247 e. The summed E-state index contributed by atoms with van der Waals surface area (Å²) in [7, 11) is 0. The fourth-order valence-electron chi connectivity index (χ4n) is 1.89. The van der Waals surface area contributed by atoms with Gasteiger partial charge >= 0.3 is 0 Å². The Morgan fingerprint density at radius 1 is 1.44 bits per heavy atom. The Labute approximate surface area is 110 Å². The van der Waals surface area contributed by atoms with Gasteiger partial charge in [0.15, 0.2) is 0 Å². The molecule has 0 unspecified atom stereocenters. The second-order valence-electron chi connectivity index (χ2n) is 4.13. The lowest BCUT2D eigenvalue weighted by Gasteiger charge is -2.33. The average molecular weight is 268 g/mol. The van der Waals surface area contributed by atoms with Crippen molar-refractivity contribution in [3.63, 3.8) is 0 Å². The molecule has 1 saturated heterocycles. The molecule has 0 N–H and O–H groups in total. The molecule has 96 valence electrons. The van der Waals surface area contributed by atoms with Crippen LogP contribution in [0, 0.1) is 6.92 Å². The van der Waals surface area contributed by atoms with Crippen molar-refractivity contribution in [2.45, 2.75) is 6.92 Å². The first-order chi connectivity index (χ1) is 8.61. The predicted molar refractivity (Wildman–Crippen MR) is 68.6 cm³/mol. The molecule has 0 spiro atoms. The van der Waals surface area contributed by atoms with Gasteiger partial charge < -0.3 is 4.90 Å². The van der Waals surface area contributed by atoms with Gasteiger partial charge in [-0.3, -0.25) is 14.5 Å². The number of hydrogen-bond acceptors (Lipinski definition) is 3. The number of rotatable bonds is 2. The lowest BCUT2D eigenvalue weighted by atomic mass is 10.3. The summed E-state index contributed by atoms with van der Waals surface area (Å²) in [6, 6.07) is 5.53. The molecule has 0 bridgehead atoms. The maximum atomic E-state index is 12.0. The average Bonchev–Trinajstić information content (AvgIpc) is 2.37. The van der Waals surface area contributed by atoms with Crippen LogP contribution in [0.1, 0.15) is 5.69 Å². The normalized spacial score (nSPS) is 16.0. The number of carbonyl (C=O) groups excluding carboxylic acids is 2. The van der Waals surface area contributed by atoms with Crippen LogP contribution >= 0.6 is 11.6 Å². The van der Waals surface area contributed by atoms with Crippen LogP contribution in [0.3, 0.4) is 0 Å². The van der Waals surface area contributed by atoms with Crippen LogP contribution in [0.2, 0.25) is 0 Å². The number of hydrogen-bond donors (Lipinski definition) is 0. The summed E-state index contributed by atoms with van der Waals surface area (Å²) in [6.45, 7) is 2.90. The van der Waals surface area contributed by atoms with Crippen molar-refractivity contribution in [3.05, 3.63) is 23.9 Å². The fourth-order valence-corrected chi connectivity index (χ4v) is 2.06. The number of carbonyl (C=O) groups is 2. The van der Waals surface area contributed by atoms with Crippen molar-refractivity contribution in [3.8, 4) is 0 Å². The second kappa shape index (κ2) is 5.35. The SMILES string of the molecule is Cc1cccc(N2CCN(C(=O)CCl)CC2=O)n1. The molecule has 0 aliphatic carbocycles. The zero-order chi connectivity index (χ0) is 13.1. The predicted octanol–water partition coefficient (Wildman–Crippen LogP) is 0.804. The lowest BCUT2D eigenvalue weighted by molar-refractivity contribution is -0.134. The molecule has 1 aromatic heterocycles. The van der Waals surface area contributed by atoms with Crippen LogP contribution in [0.25, 0.3) is 0 Å². The van der Waals surface area contributed by atoms with Crippen molar-refractivity contribution in [1.29, 1.82) is 0 Å². The van der Waals surface area contributed by atoms with Crippen LogP contribution in [0.5, 0.6) is 0 Å². The van der Waals surface area contributed by atoms with Gasteiger partial charge in [0.05, 0.1) is 0 Å². The lowest BCUT2D eigenvalue weighted by Crippen LogP contribution is -2.53. The molecular weight excluding hydrogens is 254 g/mol. The number of pyridine rings is 1. The van der Waals surface area contributed by atoms with Crippen molar-refractivity contribution >= 4 is 29.2 Å². The van der Waals surface area contributed by atoms with E-state index in [1.165, 1.54) is 4.90 Å². The van der Waals surface area contributed by atoms with Gasteiger partial charge in [0.25, 0.3) is 0 Å². The van der Waals surface area contributed by atoms with Crippen molar-refractivity contribution in [2.75, 3.05) is 30.4 Å². The summed E-state index contributed by atoms with van der Waals surface area (Å²) in [5, 5.41) is 0. The van der Waals surface area contributed by atoms with Gasteiger partial charge in [-0.05, 0) is 19.1 Å². The first kappa shape index (κ1) is 12.8. The minimum absolute atomic E-state index is 0.0706. The van der Waals surface area contributed by atoms with Crippen LogP contribution < -0.4 is 4.90 Å². The first-order valence-corrected chi connectivity index (χ1v) is 6.23. The van der Waals surface area contributed by atoms with Gasteiger partial charge in [-0.1, -0.05) is 6.07 Å². The molecule has 5 nitrogen and oxygen atoms in total. The summed E-state index contributed by atoms with van der Waals surface area (Å²) in [4.78, 5) is 30.8. The monoisotopic (exact) mass is 267 g/mol. The molecule has 2 rings (SSSR count). The number of piperazine rings is 1. The van der Waals surface area contributed by atoms with Crippen molar-refractivity contribution < 1.29 is 9.59 Å². The minimum atomic E-state index is -0.207. The number of aromatic nitrogens is 1. The molecular formula is C12H14ClN3O2. The molecule has 0 radical (unpaired) electrons. The third-order valence-electron chi connectivity index (χ3n) is 2.84. The topological polar surface area (TPSA) is 53.5 Å². The highest BCUT2D eigenvalue weighted by Gasteiger charge is 2.28. The molecule has 0 aromatic carbocycles. The minimum Gasteiger partial charge on any atom is -0.331 e. The Hall–Kier alpha value is -1.62. The Kier molecular flexibility index (Phi) is 3.81. The molecule has 2 amide bonds. The van der Waals surface area contributed by atoms with E-state index in [1.807, 2.05) is 19.1 Å². The van der Waals surface area contributed by atoms with Gasteiger partial charge in [0.1, 0.15) is 18.2 Å². The standard InChI is InChI=1S/C12H14ClN3O2/c1-9-3-2-4-10(14-9)16-6-5-15(8-12(16)18)11(17)7-13/h2-4H,5-8H2,1H3. The number of alkyl halides is 1. The quantitative estimate of drug-likeness (QED) is 0.745. The summed E-state index contributed by atoms with van der Waals surface area (Å²) in [6.07, 6.45) is 0. The highest BCUT2D eigenvalue weighted by molar-refractivity contribution is 6.27. The largest absolute Gasteiger partial charge is 0.331 e. The number of nitrogens with zero attached hydrogens (tertiary/aromatic N) is 3. The van der Waals surface area contributed by atoms with Crippen LogP contribution in [-0.4, -0.2) is 47.2 Å². The molecule has 0 atom stereocenters. The zero-order valence-corrected chi connectivity index (χ0v) is 10.9.